The summed E-state index contributed by atoms with van der Waals surface area (Å²) in [5.74, 6) is 2.12. The van der Waals surface area contributed by atoms with Crippen LogP contribution in [0.2, 0.25) is 0 Å². The van der Waals surface area contributed by atoms with E-state index in [1.807, 2.05) is 19.1 Å². The number of carbonyl (C=O) groups excluding carboxylic acids is 1. The van der Waals surface area contributed by atoms with E-state index in [-0.39, 0.29) is 11.9 Å². The quantitative estimate of drug-likeness (QED) is 0.733. The lowest BCUT2D eigenvalue weighted by Gasteiger charge is -2.14. The molecule has 1 atom stereocenters. The molecule has 4 rings (SSSR count). The van der Waals surface area contributed by atoms with Crippen molar-refractivity contribution in [1.82, 2.24) is 30.0 Å². The molecule has 0 fully saturated rings. The molecule has 0 bridgehead atoms. The molecule has 3 heterocycles. The first-order valence-corrected chi connectivity index (χ1v) is 8.57. The first kappa shape index (κ1) is 16.2. The molecule has 0 radical (unpaired) electrons. The minimum atomic E-state index is -0.212. The zero-order chi connectivity index (χ0) is 17.9. The van der Waals surface area contributed by atoms with E-state index in [0.717, 1.165) is 36.7 Å². The predicted molar refractivity (Wildman–Crippen MR) is 96.0 cm³/mol. The van der Waals surface area contributed by atoms with Crippen LogP contribution in [0.4, 0.5) is 11.6 Å². The Kier molecular flexibility index (Phi) is 4.30. The van der Waals surface area contributed by atoms with Crippen LogP contribution >= 0.6 is 0 Å². The van der Waals surface area contributed by atoms with Crippen LogP contribution in [0.15, 0.2) is 42.7 Å². The minimum Gasteiger partial charge on any atom is -0.342 e. The maximum atomic E-state index is 12.6. The molecule has 132 valence electrons. The zero-order valence-electron chi connectivity index (χ0n) is 14.4. The molecule has 26 heavy (non-hydrogen) atoms. The normalized spacial score (nSPS) is 13.9. The summed E-state index contributed by atoms with van der Waals surface area (Å²) in [4.78, 5) is 20.9. The summed E-state index contributed by atoms with van der Waals surface area (Å²) in [6, 6.07) is 8.76. The molecule has 8 nitrogen and oxygen atoms in total. The van der Waals surface area contributed by atoms with E-state index in [0.29, 0.717) is 11.5 Å². The largest absolute Gasteiger partial charge is 0.342 e. The van der Waals surface area contributed by atoms with Gasteiger partial charge in [0.15, 0.2) is 5.82 Å². The minimum absolute atomic E-state index is 0.162. The highest BCUT2D eigenvalue weighted by Gasteiger charge is 2.22. The number of aryl methyl sites for hydroxylation is 1. The second-order valence-electron chi connectivity index (χ2n) is 6.20. The Morgan fingerprint density at radius 2 is 2.04 bits per heavy atom. The fourth-order valence-corrected chi connectivity index (χ4v) is 3.07. The van der Waals surface area contributed by atoms with Crippen LogP contribution in [0, 0.1) is 0 Å². The molecule has 2 aromatic heterocycles. The van der Waals surface area contributed by atoms with Crippen molar-refractivity contribution < 1.29 is 4.79 Å². The Hall–Kier alpha value is -3.29. The van der Waals surface area contributed by atoms with Gasteiger partial charge in [-0.3, -0.25) is 4.79 Å². The van der Waals surface area contributed by atoms with Crippen molar-refractivity contribution in [2.75, 3.05) is 5.32 Å². The molecule has 3 aromatic rings. The van der Waals surface area contributed by atoms with Crippen molar-refractivity contribution in [3.8, 4) is 0 Å². The third-order valence-corrected chi connectivity index (χ3v) is 4.32. The van der Waals surface area contributed by atoms with Crippen molar-refractivity contribution in [3.63, 3.8) is 0 Å². The molecule has 1 aliphatic heterocycles. The van der Waals surface area contributed by atoms with Crippen LogP contribution in [0.1, 0.15) is 41.4 Å². The number of aromatic nitrogens is 5. The summed E-state index contributed by atoms with van der Waals surface area (Å²) < 4.78 is 2.09. The third-order valence-electron chi connectivity index (χ3n) is 4.32. The second-order valence-corrected chi connectivity index (χ2v) is 6.20. The first-order chi connectivity index (χ1) is 12.7. The topological polar surface area (TPSA) is 97.6 Å². The fraction of sp³-hybridized carbons (Fsp3) is 0.278. The fourth-order valence-electron chi connectivity index (χ4n) is 3.07. The van der Waals surface area contributed by atoms with Crippen molar-refractivity contribution in [1.29, 1.82) is 0 Å². The number of amides is 1. The smallest absolute Gasteiger partial charge is 0.251 e. The maximum Gasteiger partial charge on any atom is 0.251 e. The molecule has 0 spiro atoms. The van der Waals surface area contributed by atoms with E-state index < -0.39 is 0 Å². The summed E-state index contributed by atoms with van der Waals surface area (Å²) in [6.45, 7) is 2.84. The number of benzene rings is 1. The molecule has 0 unspecified atom stereocenters. The summed E-state index contributed by atoms with van der Waals surface area (Å²) in [7, 11) is 0. The Labute approximate surface area is 150 Å². The zero-order valence-corrected chi connectivity index (χ0v) is 14.4. The number of hydrogen-bond donors (Lipinski definition) is 2. The number of fused-ring (bicyclic) bond motifs is 1. The van der Waals surface area contributed by atoms with Crippen molar-refractivity contribution in [3.05, 3.63) is 59.9 Å². The van der Waals surface area contributed by atoms with Gasteiger partial charge in [0, 0.05) is 36.6 Å². The Balaban J connectivity index is 1.47. The molecule has 0 saturated carbocycles. The highest BCUT2D eigenvalue weighted by atomic mass is 16.1. The molecular weight excluding hydrogens is 330 g/mol. The van der Waals surface area contributed by atoms with E-state index in [1.165, 1.54) is 0 Å². The Morgan fingerprint density at radius 3 is 2.88 bits per heavy atom. The molecule has 0 aliphatic carbocycles. The molecule has 1 aromatic carbocycles. The van der Waals surface area contributed by atoms with Gasteiger partial charge in [-0.2, -0.15) is 0 Å². The van der Waals surface area contributed by atoms with E-state index in [4.69, 9.17) is 0 Å². The van der Waals surface area contributed by atoms with Gasteiger partial charge in [0.2, 0.25) is 5.95 Å². The lowest BCUT2D eigenvalue weighted by atomic mass is 10.1. The van der Waals surface area contributed by atoms with E-state index in [2.05, 4.69) is 35.4 Å². The van der Waals surface area contributed by atoms with Gasteiger partial charge in [0.05, 0.1) is 6.04 Å². The molecule has 1 aliphatic rings. The van der Waals surface area contributed by atoms with Gasteiger partial charge in [-0.25, -0.2) is 9.97 Å². The second kappa shape index (κ2) is 6.91. The van der Waals surface area contributed by atoms with Crippen molar-refractivity contribution in [2.45, 2.75) is 32.4 Å². The standard InChI is InChI=1S/C18H19N7O/c1-12(16-24-23-15-7-3-10-25(15)16)21-17(26)13-5-2-6-14(11-13)22-18-19-8-4-9-20-18/h2,4-6,8-9,11-12H,3,7,10H2,1H3,(H,21,26)(H,19,20,22)/t12-/m1/s1. The van der Waals surface area contributed by atoms with Crippen molar-refractivity contribution >= 4 is 17.5 Å². The molecule has 1 amide bonds. The summed E-state index contributed by atoms with van der Waals surface area (Å²) in [5.41, 5.74) is 1.30. The average Bonchev–Trinajstić information content (AvgIpc) is 3.26. The third kappa shape index (κ3) is 3.26. The first-order valence-electron chi connectivity index (χ1n) is 8.57. The van der Waals surface area contributed by atoms with Gasteiger partial charge in [-0.05, 0) is 37.6 Å². The Bertz CT molecular complexity index is 922. The number of rotatable bonds is 5. The number of anilines is 2. The number of nitrogens with one attached hydrogen (secondary N) is 2. The van der Waals surface area contributed by atoms with Gasteiger partial charge in [-0.1, -0.05) is 6.07 Å². The van der Waals surface area contributed by atoms with E-state index in [9.17, 15) is 4.79 Å². The molecule has 0 saturated heterocycles. The van der Waals surface area contributed by atoms with E-state index >= 15 is 0 Å². The Morgan fingerprint density at radius 1 is 1.19 bits per heavy atom. The molecule has 2 N–H and O–H groups in total. The van der Waals surface area contributed by atoms with Gasteiger partial charge in [-0.15, -0.1) is 10.2 Å². The van der Waals surface area contributed by atoms with Crippen LogP contribution in [-0.4, -0.2) is 30.6 Å². The van der Waals surface area contributed by atoms with Gasteiger partial charge in [0.1, 0.15) is 5.82 Å². The van der Waals surface area contributed by atoms with Crippen LogP contribution in [0.25, 0.3) is 0 Å². The lowest BCUT2D eigenvalue weighted by molar-refractivity contribution is 0.0937. The van der Waals surface area contributed by atoms with Gasteiger partial charge < -0.3 is 15.2 Å². The number of hydrogen-bond acceptors (Lipinski definition) is 6. The molecule has 8 heteroatoms. The van der Waals surface area contributed by atoms with Crippen LogP contribution in [-0.2, 0) is 13.0 Å². The maximum absolute atomic E-state index is 12.6. The van der Waals surface area contributed by atoms with E-state index in [1.54, 1.807) is 30.6 Å². The number of nitrogens with zero attached hydrogens (tertiary/aromatic N) is 5. The highest BCUT2D eigenvalue weighted by Crippen LogP contribution is 2.20. The van der Waals surface area contributed by atoms with Gasteiger partial charge >= 0.3 is 0 Å². The lowest BCUT2D eigenvalue weighted by Crippen LogP contribution is -2.28. The average molecular weight is 349 g/mol. The predicted octanol–water partition coefficient (Wildman–Crippen LogP) is 2.25. The SMILES string of the molecule is C[C@@H](NC(=O)c1cccc(Nc2ncccn2)c1)c1nnc2n1CCC2. The summed E-state index contributed by atoms with van der Waals surface area (Å²) in [5, 5.41) is 14.5. The summed E-state index contributed by atoms with van der Waals surface area (Å²) >= 11 is 0. The number of carbonyl (C=O) groups is 1. The van der Waals surface area contributed by atoms with Gasteiger partial charge in [0.25, 0.3) is 5.91 Å². The monoisotopic (exact) mass is 349 g/mol. The van der Waals surface area contributed by atoms with Crippen LogP contribution in [0.3, 0.4) is 0 Å². The highest BCUT2D eigenvalue weighted by molar-refractivity contribution is 5.95. The summed E-state index contributed by atoms with van der Waals surface area (Å²) in [6.07, 6.45) is 5.34. The van der Waals surface area contributed by atoms with Crippen LogP contribution < -0.4 is 10.6 Å². The molecular formula is C18H19N7O. The van der Waals surface area contributed by atoms with Crippen molar-refractivity contribution in [2.24, 2.45) is 0 Å². The van der Waals surface area contributed by atoms with Crippen LogP contribution in [0.5, 0.6) is 0 Å².